The van der Waals surface area contributed by atoms with Crippen LogP contribution in [-0.2, 0) is 0 Å². The highest BCUT2D eigenvalue weighted by atomic mass is 32.2. The van der Waals surface area contributed by atoms with Gasteiger partial charge in [-0.1, -0.05) is 38.5 Å². The maximum absolute atomic E-state index is 3.64. The predicted octanol–water partition coefficient (Wildman–Crippen LogP) is 4.43. The van der Waals surface area contributed by atoms with Crippen LogP contribution in [0.5, 0.6) is 0 Å². The third-order valence-electron chi connectivity index (χ3n) is 3.27. The number of hydrogen-bond donors (Lipinski definition) is 2. The molecule has 0 saturated heterocycles. The number of hydrogen-bond acceptors (Lipinski definition) is 2. The van der Waals surface area contributed by atoms with Crippen molar-refractivity contribution in [1.82, 2.24) is 10.3 Å². The molecule has 0 radical (unpaired) electrons. The molecule has 0 aliphatic carbocycles. The van der Waals surface area contributed by atoms with Gasteiger partial charge in [0.1, 0.15) is 0 Å². The largest absolute Gasteiger partial charge is 0.350 e. The fourth-order valence-electron chi connectivity index (χ4n) is 2.26. The molecule has 2 aromatic rings. The van der Waals surface area contributed by atoms with Crippen molar-refractivity contribution in [2.45, 2.75) is 44.2 Å². The molecule has 1 aromatic carbocycles. The van der Waals surface area contributed by atoms with Crippen molar-refractivity contribution in [2.24, 2.45) is 0 Å². The first-order valence-electron chi connectivity index (χ1n) is 7.27. The van der Waals surface area contributed by atoms with Gasteiger partial charge in [-0.15, -0.1) is 11.8 Å². The number of aromatic nitrogens is 1. The highest BCUT2D eigenvalue weighted by molar-refractivity contribution is 7.99. The molecule has 0 saturated carbocycles. The van der Waals surface area contributed by atoms with Crippen molar-refractivity contribution in [3.63, 3.8) is 0 Å². The van der Waals surface area contributed by atoms with E-state index in [1.807, 2.05) is 11.8 Å². The molecule has 0 spiro atoms. The molecule has 2 rings (SSSR count). The maximum Gasteiger partial charge on any atom is 0.0733 e. The smallest absolute Gasteiger partial charge is 0.0733 e. The second-order valence-electron chi connectivity index (χ2n) is 4.97. The second kappa shape index (κ2) is 7.61. The van der Waals surface area contributed by atoms with Crippen LogP contribution in [0.1, 0.15) is 33.1 Å². The summed E-state index contributed by atoms with van der Waals surface area (Å²) in [6.07, 6.45) is 3.71. The van der Waals surface area contributed by atoms with Crippen molar-refractivity contribution in [1.29, 1.82) is 0 Å². The van der Waals surface area contributed by atoms with Crippen LogP contribution in [-0.4, -0.2) is 23.3 Å². The number of para-hydroxylation sites is 1. The molecule has 2 N–H and O–H groups in total. The molecule has 1 atom stereocenters. The van der Waals surface area contributed by atoms with Crippen LogP contribution in [0.25, 0.3) is 10.9 Å². The lowest BCUT2D eigenvalue weighted by molar-refractivity contribution is 0.514. The van der Waals surface area contributed by atoms with E-state index >= 15 is 0 Å². The number of rotatable bonds is 8. The van der Waals surface area contributed by atoms with Crippen LogP contribution in [0.15, 0.2) is 35.4 Å². The Morgan fingerprint density at radius 3 is 2.79 bits per heavy atom. The molecule has 1 heterocycles. The van der Waals surface area contributed by atoms with E-state index in [2.05, 4.69) is 54.5 Å². The Hall–Kier alpha value is -0.930. The van der Waals surface area contributed by atoms with E-state index in [0.29, 0.717) is 6.04 Å². The molecule has 0 amide bonds. The van der Waals surface area contributed by atoms with Gasteiger partial charge in [0.05, 0.1) is 5.03 Å². The zero-order valence-corrected chi connectivity index (χ0v) is 12.7. The molecule has 19 heavy (non-hydrogen) atoms. The summed E-state index contributed by atoms with van der Waals surface area (Å²) < 4.78 is 0. The highest BCUT2D eigenvalue weighted by Gasteiger charge is 2.08. The number of thioether (sulfide) groups is 1. The Balaban J connectivity index is 1.91. The predicted molar refractivity (Wildman–Crippen MR) is 86.0 cm³/mol. The van der Waals surface area contributed by atoms with Crippen LogP contribution < -0.4 is 5.32 Å². The zero-order chi connectivity index (χ0) is 13.5. The lowest BCUT2D eigenvalue weighted by atomic mass is 10.2. The van der Waals surface area contributed by atoms with Crippen molar-refractivity contribution in [2.75, 3.05) is 12.3 Å². The Bertz CT molecular complexity index is 459. The van der Waals surface area contributed by atoms with E-state index in [1.54, 1.807) is 0 Å². The molecule has 1 unspecified atom stereocenters. The molecular formula is C16H24N2S. The minimum absolute atomic E-state index is 0.626. The summed E-state index contributed by atoms with van der Waals surface area (Å²) in [5.41, 5.74) is 1.23. The molecule has 2 nitrogen and oxygen atoms in total. The van der Waals surface area contributed by atoms with Crippen LogP contribution in [0.2, 0.25) is 0 Å². The van der Waals surface area contributed by atoms with Gasteiger partial charge in [-0.3, -0.25) is 0 Å². The van der Waals surface area contributed by atoms with Gasteiger partial charge in [-0.05, 0) is 31.5 Å². The number of benzene rings is 1. The van der Waals surface area contributed by atoms with Crippen molar-refractivity contribution in [3.8, 4) is 0 Å². The van der Waals surface area contributed by atoms with E-state index < -0.39 is 0 Å². The monoisotopic (exact) mass is 276 g/mol. The van der Waals surface area contributed by atoms with Crippen LogP contribution >= 0.6 is 11.8 Å². The first-order chi connectivity index (χ1) is 9.33. The summed E-state index contributed by atoms with van der Waals surface area (Å²) >= 11 is 1.93. The van der Waals surface area contributed by atoms with Gasteiger partial charge in [0.25, 0.3) is 0 Å². The van der Waals surface area contributed by atoms with E-state index in [1.165, 1.54) is 35.2 Å². The standard InChI is InChI=1S/C16H24N2S/c1-3-7-14(17-10-4-2)12-19-16-11-13-8-5-6-9-15(13)18-16/h5-6,8-9,11,14,17-18H,3-4,7,10,12H2,1-2H3. The molecule has 1 aromatic heterocycles. The van der Waals surface area contributed by atoms with Gasteiger partial charge in [0, 0.05) is 22.7 Å². The molecule has 0 fully saturated rings. The number of nitrogens with one attached hydrogen (secondary N) is 2. The number of fused-ring (bicyclic) bond motifs is 1. The summed E-state index contributed by atoms with van der Waals surface area (Å²) in [5.74, 6) is 1.14. The van der Waals surface area contributed by atoms with Gasteiger partial charge in [0.2, 0.25) is 0 Å². The molecule has 3 heteroatoms. The fourth-order valence-corrected chi connectivity index (χ4v) is 3.31. The van der Waals surface area contributed by atoms with Crippen LogP contribution in [0, 0.1) is 0 Å². The molecule has 0 aliphatic heterocycles. The second-order valence-corrected chi connectivity index (χ2v) is 6.03. The first-order valence-corrected chi connectivity index (χ1v) is 8.26. The average Bonchev–Trinajstić information content (AvgIpc) is 2.84. The van der Waals surface area contributed by atoms with Gasteiger partial charge >= 0.3 is 0 Å². The van der Waals surface area contributed by atoms with Crippen molar-refractivity contribution >= 4 is 22.7 Å². The summed E-state index contributed by atoms with van der Waals surface area (Å²) in [6, 6.07) is 11.3. The molecular weight excluding hydrogens is 252 g/mol. The average molecular weight is 276 g/mol. The first kappa shape index (κ1) is 14.5. The van der Waals surface area contributed by atoms with Gasteiger partial charge in [-0.25, -0.2) is 0 Å². The van der Waals surface area contributed by atoms with Gasteiger partial charge in [0.15, 0.2) is 0 Å². The van der Waals surface area contributed by atoms with Gasteiger partial charge in [-0.2, -0.15) is 0 Å². The number of H-pyrrole nitrogens is 1. The Morgan fingerprint density at radius 1 is 1.21 bits per heavy atom. The SMILES string of the molecule is CCCNC(CCC)CSc1cc2ccccc2[nH]1. The van der Waals surface area contributed by atoms with Crippen molar-refractivity contribution in [3.05, 3.63) is 30.3 Å². The van der Waals surface area contributed by atoms with Crippen LogP contribution in [0.4, 0.5) is 0 Å². The van der Waals surface area contributed by atoms with Crippen LogP contribution in [0.3, 0.4) is 0 Å². The summed E-state index contributed by atoms with van der Waals surface area (Å²) in [6.45, 7) is 5.60. The van der Waals surface area contributed by atoms with Gasteiger partial charge < -0.3 is 10.3 Å². The zero-order valence-electron chi connectivity index (χ0n) is 11.9. The topological polar surface area (TPSA) is 27.8 Å². The van der Waals surface area contributed by atoms with E-state index in [0.717, 1.165) is 12.3 Å². The molecule has 0 bridgehead atoms. The maximum atomic E-state index is 3.64. The third-order valence-corrected chi connectivity index (χ3v) is 4.37. The summed E-state index contributed by atoms with van der Waals surface area (Å²) in [7, 11) is 0. The van der Waals surface area contributed by atoms with E-state index in [9.17, 15) is 0 Å². The lowest BCUT2D eigenvalue weighted by Gasteiger charge is -2.16. The molecule has 104 valence electrons. The highest BCUT2D eigenvalue weighted by Crippen LogP contribution is 2.24. The normalized spacial score (nSPS) is 12.9. The van der Waals surface area contributed by atoms with E-state index in [-0.39, 0.29) is 0 Å². The summed E-state index contributed by atoms with van der Waals surface area (Å²) in [5, 5.41) is 6.22. The summed E-state index contributed by atoms with van der Waals surface area (Å²) in [4.78, 5) is 3.48. The number of aromatic amines is 1. The Labute approximate surface area is 120 Å². The Kier molecular flexibility index (Phi) is 5.80. The Morgan fingerprint density at radius 2 is 2.05 bits per heavy atom. The third kappa shape index (κ3) is 4.29. The van der Waals surface area contributed by atoms with Crippen molar-refractivity contribution < 1.29 is 0 Å². The minimum Gasteiger partial charge on any atom is -0.350 e. The molecule has 0 aliphatic rings. The lowest BCUT2D eigenvalue weighted by Crippen LogP contribution is -2.31. The fraction of sp³-hybridized carbons (Fsp3) is 0.500. The minimum atomic E-state index is 0.626. The van der Waals surface area contributed by atoms with E-state index in [4.69, 9.17) is 0 Å². The quantitative estimate of drug-likeness (QED) is 0.698.